The van der Waals surface area contributed by atoms with Crippen LogP contribution in [0.2, 0.25) is 0 Å². The Morgan fingerprint density at radius 2 is 2.09 bits per heavy atom. The Balaban J connectivity index is 1.81. The number of fused-ring (bicyclic) bond motifs is 1. The average Bonchev–Trinajstić information content (AvgIpc) is 3.03. The van der Waals surface area contributed by atoms with Gasteiger partial charge in [0, 0.05) is 16.8 Å². The molecule has 1 aromatic carbocycles. The molecular weight excluding hydrogens is 326 g/mol. The van der Waals surface area contributed by atoms with Crippen LogP contribution in [0.25, 0.3) is 20.7 Å². The molecule has 1 N–H and O–H groups in total. The molecule has 0 atom stereocenters. The van der Waals surface area contributed by atoms with E-state index in [9.17, 15) is 4.79 Å². The molecule has 0 fully saturated rings. The fraction of sp³-hybridized carbons (Fsp3) is 0.235. The molecule has 0 aliphatic rings. The van der Waals surface area contributed by atoms with Crippen molar-refractivity contribution < 1.29 is 4.79 Å². The molecular formula is C17H17N3OS2. The quantitative estimate of drug-likeness (QED) is 0.543. The lowest BCUT2D eigenvalue weighted by atomic mass is 10.2. The van der Waals surface area contributed by atoms with Gasteiger partial charge in [-0.1, -0.05) is 49.0 Å². The third kappa shape index (κ3) is 3.89. The number of amides is 1. The summed E-state index contributed by atoms with van der Waals surface area (Å²) < 4.78 is 0. The van der Waals surface area contributed by atoms with E-state index in [-0.39, 0.29) is 5.91 Å². The second-order valence-corrected chi connectivity index (χ2v) is 7.01. The summed E-state index contributed by atoms with van der Waals surface area (Å²) in [4.78, 5) is 22.6. The van der Waals surface area contributed by atoms with Crippen molar-refractivity contribution in [3.63, 3.8) is 0 Å². The van der Waals surface area contributed by atoms with Crippen molar-refractivity contribution in [1.29, 1.82) is 0 Å². The summed E-state index contributed by atoms with van der Waals surface area (Å²) in [6.45, 7) is 2.76. The van der Waals surface area contributed by atoms with Gasteiger partial charge in [0.15, 0.2) is 0 Å². The lowest BCUT2D eigenvalue weighted by Gasteiger charge is -2.03. The Kier molecular flexibility index (Phi) is 5.25. The first-order valence-electron chi connectivity index (χ1n) is 7.47. The first-order chi connectivity index (χ1) is 11.3. The summed E-state index contributed by atoms with van der Waals surface area (Å²) in [7, 11) is 0. The maximum absolute atomic E-state index is 11.8. The predicted octanol–water partition coefficient (Wildman–Crippen LogP) is 3.98. The van der Waals surface area contributed by atoms with Gasteiger partial charge in [-0.05, 0) is 18.1 Å². The van der Waals surface area contributed by atoms with Crippen LogP contribution in [0.1, 0.15) is 13.3 Å². The molecule has 3 aromatic rings. The number of hydrogen-bond donors (Lipinski definition) is 1. The highest BCUT2D eigenvalue weighted by Gasteiger charge is 2.11. The monoisotopic (exact) mass is 343 g/mol. The molecule has 23 heavy (non-hydrogen) atoms. The fourth-order valence-electron chi connectivity index (χ4n) is 2.14. The van der Waals surface area contributed by atoms with Crippen LogP contribution in [-0.2, 0) is 4.79 Å². The zero-order chi connectivity index (χ0) is 16.1. The molecule has 0 radical (unpaired) electrons. The molecule has 4 nitrogen and oxygen atoms in total. The smallest absolute Gasteiger partial charge is 0.230 e. The molecule has 1 amide bonds. The maximum atomic E-state index is 11.8. The van der Waals surface area contributed by atoms with Crippen LogP contribution < -0.4 is 5.32 Å². The summed E-state index contributed by atoms with van der Waals surface area (Å²) in [6, 6.07) is 12.3. The second-order valence-electron chi connectivity index (χ2n) is 5.01. The number of thiophene rings is 1. The number of carbonyl (C=O) groups is 1. The Morgan fingerprint density at radius 3 is 2.87 bits per heavy atom. The molecule has 0 bridgehead atoms. The largest absolute Gasteiger partial charge is 0.355 e. The van der Waals surface area contributed by atoms with Gasteiger partial charge in [0.1, 0.15) is 16.2 Å². The Morgan fingerprint density at radius 1 is 1.26 bits per heavy atom. The summed E-state index contributed by atoms with van der Waals surface area (Å²) in [5, 5.41) is 4.76. The molecule has 2 aromatic heterocycles. The van der Waals surface area contributed by atoms with E-state index in [1.807, 2.05) is 25.1 Å². The van der Waals surface area contributed by atoms with Gasteiger partial charge < -0.3 is 5.32 Å². The first-order valence-corrected chi connectivity index (χ1v) is 9.27. The minimum Gasteiger partial charge on any atom is -0.355 e. The van der Waals surface area contributed by atoms with Crippen LogP contribution in [0.4, 0.5) is 0 Å². The van der Waals surface area contributed by atoms with E-state index in [1.165, 1.54) is 22.2 Å². The second kappa shape index (κ2) is 7.57. The number of benzene rings is 1. The van der Waals surface area contributed by atoms with Crippen molar-refractivity contribution in [2.45, 2.75) is 18.4 Å². The number of rotatable bonds is 6. The Labute approximate surface area is 143 Å². The van der Waals surface area contributed by atoms with Gasteiger partial charge >= 0.3 is 0 Å². The molecule has 118 valence electrons. The molecule has 6 heteroatoms. The molecule has 0 saturated carbocycles. The van der Waals surface area contributed by atoms with E-state index in [4.69, 9.17) is 0 Å². The highest BCUT2D eigenvalue weighted by Crippen LogP contribution is 2.35. The minimum atomic E-state index is 0.0436. The Bertz CT molecular complexity index is 802. The van der Waals surface area contributed by atoms with Gasteiger partial charge in [-0.2, -0.15) is 0 Å². The molecule has 0 spiro atoms. The van der Waals surface area contributed by atoms with Crippen molar-refractivity contribution in [3.05, 3.63) is 42.7 Å². The zero-order valence-corrected chi connectivity index (χ0v) is 14.4. The van der Waals surface area contributed by atoms with Gasteiger partial charge in [-0.3, -0.25) is 4.79 Å². The van der Waals surface area contributed by atoms with Crippen molar-refractivity contribution >= 4 is 39.2 Å². The van der Waals surface area contributed by atoms with E-state index in [0.29, 0.717) is 5.75 Å². The van der Waals surface area contributed by atoms with Gasteiger partial charge in [0.25, 0.3) is 0 Å². The van der Waals surface area contributed by atoms with Gasteiger partial charge in [-0.15, -0.1) is 11.3 Å². The van der Waals surface area contributed by atoms with Gasteiger partial charge in [-0.25, -0.2) is 9.97 Å². The molecule has 3 rings (SSSR count). The van der Waals surface area contributed by atoms with Crippen molar-refractivity contribution in [3.8, 4) is 10.4 Å². The van der Waals surface area contributed by atoms with Crippen molar-refractivity contribution in [1.82, 2.24) is 15.3 Å². The maximum Gasteiger partial charge on any atom is 0.230 e. The topological polar surface area (TPSA) is 54.9 Å². The van der Waals surface area contributed by atoms with Crippen molar-refractivity contribution in [2.75, 3.05) is 12.3 Å². The third-order valence-corrected chi connectivity index (χ3v) is 5.36. The predicted molar refractivity (Wildman–Crippen MR) is 96.9 cm³/mol. The van der Waals surface area contributed by atoms with Crippen LogP contribution in [0.5, 0.6) is 0 Å². The van der Waals surface area contributed by atoms with Crippen LogP contribution in [0.15, 0.2) is 47.8 Å². The number of carbonyl (C=O) groups excluding carboxylic acids is 1. The first kappa shape index (κ1) is 16.0. The molecule has 0 unspecified atom stereocenters. The van der Waals surface area contributed by atoms with Crippen LogP contribution >= 0.6 is 23.1 Å². The van der Waals surface area contributed by atoms with E-state index in [1.54, 1.807) is 17.7 Å². The van der Waals surface area contributed by atoms with Crippen LogP contribution in [-0.4, -0.2) is 28.2 Å². The molecule has 2 heterocycles. The zero-order valence-electron chi connectivity index (χ0n) is 12.8. The third-order valence-electron chi connectivity index (χ3n) is 3.26. The lowest BCUT2D eigenvalue weighted by Crippen LogP contribution is -2.25. The Hall–Kier alpha value is -1.92. The number of nitrogens with one attached hydrogen (secondary N) is 1. The van der Waals surface area contributed by atoms with E-state index in [0.717, 1.165) is 28.2 Å². The normalized spacial score (nSPS) is 10.8. The van der Waals surface area contributed by atoms with Gasteiger partial charge in [0.2, 0.25) is 5.91 Å². The molecule has 0 aliphatic heterocycles. The van der Waals surface area contributed by atoms with Crippen molar-refractivity contribution in [2.24, 2.45) is 0 Å². The summed E-state index contributed by atoms with van der Waals surface area (Å²) >= 11 is 3.11. The van der Waals surface area contributed by atoms with Crippen LogP contribution in [0.3, 0.4) is 0 Å². The molecule has 0 aliphatic carbocycles. The number of thioether (sulfide) groups is 1. The number of hydrogen-bond acceptors (Lipinski definition) is 5. The standard InChI is InChI=1S/C17H17N3OS2/c1-2-8-18-15(21)10-22-16-13-9-14(12-6-4-3-5-7-12)23-17(13)20-11-19-16/h3-7,9,11H,2,8,10H2,1H3,(H,18,21). The number of aromatic nitrogens is 2. The average molecular weight is 343 g/mol. The van der Waals surface area contributed by atoms with Gasteiger partial charge in [0.05, 0.1) is 5.75 Å². The summed E-state index contributed by atoms with van der Waals surface area (Å²) in [5.74, 6) is 0.421. The minimum absolute atomic E-state index is 0.0436. The number of nitrogens with zero attached hydrogens (tertiary/aromatic N) is 2. The van der Waals surface area contributed by atoms with E-state index < -0.39 is 0 Å². The molecule has 0 saturated heterocycles. The fourth-order valence-corrected chi connectivity index (χ4v) is 4.01. The summed E-state index contributed by atoms with van der Waals surface area (Å²) in [6.07, 6.45) is 2.51. The van der Waals surface area contributed by atoms with Crippen LogP contribution in [0, 0.1) is 0 Å². The SMILES string of the molecule is CCCNC(=O)CSc1ncnc2sc(-c3ccccc3)cc12. The van der Waals surface area contributed by atoms with E-state index in [2.05, 4.69) is 33.5 Å². The highest BCUT2D eigenvalue weighted by molar-refractivity contribution is 8.00. The lowest BCUT2D eigenvalue weighted by molar-refractivity contribution is -0.118. The van der Waals surface area contributed by atoms with E-state index >= 15 is 0 Å². The highest BCUT2D eigenvalue weighted by atomic mass is 32.2. The summed E-state index contributed by atoms with van der Waals surface area (Å²) in [5.41, 5.74) is 1.17.